The molecule has 4 fully saturated rings. The number of aliphatic hydroxyl groups excluding tert-OH is 1. The summed E-state index contributed by atoms with van der Waals surface area (Å²) in [5.74, 6) is 2.33. The quantitative estimate of drug-likeness (QED) is 0.577. The third-order valence-corrected chi connectivity index (χ3v) is 8.43. The van der Waals surface area contributed by atoms with Gasteiger partial charge >= 0.3 is 0 Å². The van der Waals surface area contributed by atoms with Gasteiger partial charge in [-0.1, -0.05) is 17.4 Å². The molecule has 3 atom stereocenters. The van der Waals surface area contributed by atoms with Gasteiger partial charge in [0, 0.05) is 32.1 Å². The van der Waals surface area contributed by atoms with E-state index in [2.05, 4.69) is 15.2 Å². The molecule has 2 aliphatic carbocycles. The molecular formula is C24H26N6O3S. The van der Waals surface area contributed by atoms with E-state index in [-0.39, 0.29) is 12.0 Å². The smallest absolute Gasteiger partial charge is 0.274 e. The van der Waals surface area contributed by atoms with Gasteiger partial charge in [-0.2, -0.15) is 4.98 Å². The fourth-order valence-electron chi connectivity index (χ4n) is 5.16. The Balaban J connectivity index is 1.18. The minimum absolute atomic E-state index is 0.240. The van der Waals surface area contributed by atoms with Crippen molar-refractivity contribution in [2.24, 2.45) is 11.8 Å². The molecule has 7 rings (SSSR count). The Morgan fingerprint density at radius 2 is 1.97 bits per heavy atom. The molecule has 1 amide bonds. The van der Waals surface area contributed by atoms with Crippen molar-refractivity contribution in [1.29, 1.82) is 0 Å². The predicted molar refractivity (Wildman–Crippen MR) is 130 cm³/mol. The van der Waals surface area contributed by atoms with Crippen LogP contribution in [-0.4, -0.2) is 71.5 Å². The maximum absolute atomic E-state index is 13.2. The first-order valence-corrected chi connectivity index (χ1v) is 12.8. The van der Waals surface area contributed by atoms with Gasteiger partial charge < -0.3 is 25.0 Å². The highest BCUT2D eigenvalue weighted by atomic mass is 32.1. The predicted octanol–water partition coefficient (Wildman–Crippen LogP) is 2.48. The molecule has 4 aliphatic rings. The van der Waals surface area contributed by atoms with Crippen molar-refractivity contribution in [3.8, 4) is 0 Å². The molecule has 2 saturated heterocycles. The van der Waals surface area contributed by atoms with Crippen LogP contribution in [0.15, 0.2) is 24.3 Å². The lowest BCUT2D eigenvalue weighted by molar-refractivity contribution is 0.102. The molecule has 34 heavy (non-hydrogen) atoms. The largest absolute Gasteiger partial charge is 0.391 e. The number of aliphatic hydroxyl groups is 1. The number of carbonyl (C=O) groups excluding carboxylic acids is 1. The molecule has 3 aromatic heterocycles. The van der Waals surface area contributed by atoms with Gasteiger partial charge in [0.05, 0.1) is 35.4 Å². The Morgan fingerprint density at radius 3 is 2.71 bits per heavy atom. The summed E-state index contributed by atoms with van der Waals surface area (Å²) in [6.07, 6.45) is 1.64. The summed E-state index contributed by atoms with van der Waals surface area (Å²) < 4.78 is 6.45. The van der Waals surface area contributed by atoms with Crippen LogP contribution in [0.25, 0.3) is 10.3 Å². The maximum atomic E-state index is 13.2. The monoisotopic (exact) mass is 478 g/mol. The van der Waals surface area contributed by atoms with Gasteiger partial charge in [-0.25, -0.2) is 9.97 Å². The summed E-state index contributed by atoms with van der Waals surface area (Å²) in [5.41, 5.74) is 2.86. The average Bonchev–Trinajstić information content (AvgIpc) is 3.68. The van der Waals surface area contributed by atoms with Crippen LogP contribution in [0.3, 0.4) is 0 Å². The van der Waals surface area contributed by atoms with Crippen molar-refractivity contribution in [3.05, 3.63) is 35.7 Å². The van der Waals surface area contributed by atoms with E-state index >= 15 is 0 Å². The van der Waals surface area contributed by atoms with Crippen LogP contribution in [0.2, 0.25) is 0 Å². The van der Waals surface area contributed by atoms with Crippen LogP contribution in [0.4, 0.5) is 16.6 Å². The molecule has 2 saturated carbocycles. The van der Waals surface area contributed by atoms with E-state index in [1.807, 2.05) is 23.1 Å². The van der Waals surface area contributed by atoms with Crippen molar-refractivity contribution < 1.29 is 14.6 Å². The van der Waals surface area contributed by atoms with Crippen LogP contribution in [0, 0.1) is 11.8 Å². The Morgan fingerprint density at radius 1 is 1.12 bits per heavy atom. The van der Waals surface area contributed by atoms with E-state index in [4.69, 9.17) is 14.7 Å². The van der Waals surface area contributed by atoms with Crippen LogP contribution in [0.1, 0.15) is 34.9 Å². The Kier molecular flexibility index (Phi) is 4.75. The Labute approximate surface area is 200 Å². The summed E-state index contributed by atoms with van der Waals surface area (Å²) in [6, 6.07) is 7.50. The normalized spacial score (nSPS) is 27.7. The third kappa shape index (κ3) is 3.60. The number of ether oxygens (including phenoxy) is 1. The van der Waals surface area contributed by atoms with E-state index in [0.717, 1.165) is 58.7 Å². The molecule has 5 heterocycles. The number of thiazole rings is 1. The van der Waals surface area contributed by atoms with E-state index in [1.54, 1.807) is 17.4 Å². The first-order valence-electron chi connectivity index (χ1n) is 12.0. The van der Waals surface area contributed by atoms with Gasteiger partial charge in [0.25, 0.3) is 5.91 Å². The van der Waals surface area contributed by atoms with Crippen molar-refractivity contribution in [2.45, 2.75) is 24.9 Å². The molecule has 0 aromatic carbocycles. The number of β-amino-alcohol motifs (C(OH)–C–C–N with tert-alkyl or cyclic N) is 1. The van der Waals surface area contributed by atoms with Gasteiger partial charge in [0.15, 0.2) is 10.8 Å². The lowest BCUT2D eigenvalue weighted by Crippen LogP contribution is -2.36. The topological polar surface area (TPSA) is 104 Å². The summed E-state index contributed by atoms with van der Waals surface area (Å²) in [6.45, 7) is 4.38. The van der Waals surface area contributed by atoms with Gasteiger partial charge in [0.1, 0.15) is 11.5 Å². The van der Waals surface area contributed by atoms with Crippen LogP contribution < -0.4 is 15.1 Å². The molecule has 2 unspecified atom stereocenters. The zero-order chi connectivity index (χ0) is 22.8. The van der Waals surface area contributed by atoms with Crippen molar-refractivity contribution in [1.82, 2.24) is 15.0 Å². The minimum atomic E-state index is -0.341. The molecular weight excluding hydrogens is 452 g/mol. The van der Waals surface area contributed by atoms with Crippen LogP contribution in [0.5, 0.6) is 0 Å². The molecule has 0 spiro atoms. The zero-order valence-electron chi connectivity index (χ0n) is 18.7. The average molecular weight is 479 g/mol. The number of fused-ring (bicyclic) bond motifs is 2. The second-order valence-corrected chi connectivity index (χ2v) is 10.7. The fraction of sp³-hybridized carbons (Fsp3) is 0.500. The van der Waals surface area contributed by atoms with Gasteiger partial charge in [0.2, 0.25) is 0 Å². The molecule has 0 bridgehead atoms. The van der Waals surface area contributed by atoms with Gasteiger partial charge in [-0.15, -0.1) is 0 Å². The summed E-state index contributed by atoms with van der Waals surface area (Å²) in [7, 11) is 0. The van der Waals surface area contributed by atoms with Crippen LogP contribution in [-0.2, 0) is 4.74 Å². The SMILES string of the molecule is O=C(Nc1cc2sc(N3CCOCC3)nc2nc1C1C2CC21)c1cccc(N2CC[C@H](O)C2)n1. The second kappa shape index (κ2) is 7.86. The summed E-state index contributed by atoms with van der Waals surface area (Å²) in [4.78, 5) is 31.8. The van der Waals surface area contributed by atoms with E-state index < -0.39 is 0 Å². The highest BCUT2D eigenvalue weighted by Crippen LogP contribution is 2.73. The van der Waals surface area contributed by atoms with E-state index in [1.165, 1.54) is 6.42 Å². The van der Waals surface area contributed by atoms with E-state index in [9.17, 15) is 9.90 Å². The lowest BCUT2D eigenvalue weighted by atomic mass is 10.1. The molecule has 176 valence electrons. The van der Waals surface area contributed by atoms with Crippen LogP contribution >= 0.6 is 11.3 Å². The maximum Gasteiger partial charge on any atom is 0.274 e. The number of aromatic nitrogens is 3. The summed E-state index contributed by atoms with van der Waals surface area (Å²) in [5, 5.41) is 13.9. The number of hydrogen-bond donors (Lipinski definition) is 2. The molecule has 3 aromatic rings. The second-order valence-electron chi connectivity index (χ2n) is 9.65. The molecule has 9 nitrogen and oxygen atoms in total. The van der Waals surface area contributed by atoms with Crippen molar-refractivity contribution >= 4 is 44.2 Å². The molecule has 0 radical (unpaired) electrons. The first kappa shape index (κ1) is 20.5. The number of pyridine rings is 2. The Bertz CT molecular complexity index is 1270. The molecule has 2 aliphatic heterocycles. The fourth-order valence-corrected chi connectivity index (χ4v) is 6.16. The standard InChI is InChI=1S/C24H26N6O3S/c31-13-4-5-30(12-13)19-3-1-2-16(25-19)23(32)26-17-11-18-22(27-21(17)20-14-10-15(14)20)28-24(34-18)29-6-8-33-9-7-29/h1-3,11,13-15,20,31H,4-10,12H2,(H,26,32)/t13-,14?,15?,20?/m0/s1. The number of morpholine rings is 1. The number of rotatable bonds is 5. The summed E-state index contributed by atoms with van der Waals surface area (Å²) >= 11 is 1.61. The van der Waals surface area contributed by atoms with E-state index in [0.29, 0.717) is 43.2 Å². The van der Waals surface area contributed by atoms with Gasteiger partial charge in [-0.05, 0) is 42.9 Å². The zero-order valence-corrected chi connectivity index (χ0v) is 19.5. The lowest BCUT2D eigenvalue weighted by Gasteiger charge is -2.25. The number of nitrogens with one attached hydrogen (secondary N) is 1. The first-order chi connectivity index (χ1) is 16.6. The number of nitrogens with zero attached hydrogens (tertiary/aromatic N) is 5. The number of carbonyl (C=O) groups is 1. The molecule has 2 N–H and O–H groups in total. The molecule has 10 heteroatoms. The minimum Gasteiger partial charge on any atom is -0.391 e. The van der Waals surface area contributed by atoms with Crippen molar-refractivity contribution in [3.63, 3.8) is 0 Å². The Hall–Kier alpha value is -2.82. The van der Waals surface area contributed by atoms with Gasteiger partial charge in [-0.3, -0.25) is 4.79 Å². The number of amides is 1. The van der Waals surface area contributed by atoms with Crippen molar-refractivity contribution in [2.75, 3.05) is 54.5 Å². The number of anilines is 3. The highest BCUT2D eigenvalue weighted by Gasteiger charge is 2.66. The number of hydrogen-bond acceptors (Lipinski definition) is 9. The third-order valence-electron chi connectivity index (χ3n) is 7.37. The highest BCUT2D eigenvalue weighted by molar-refractivity contribution is 7.22.